The fourth-order valence-electron chi connectivity index (χ4n) is 3.81. The van der Waals surface area contributed by atoms with Gasteiger partial charge in [0.25, 0.3) is 0 Å². The third kappa shape index (κ3) is 5.58. The molecule has 0 unspecified atom stereocenters. The molecule has 10 heteroatoms. The Morgan fingerprint density at radius 3 is 2.03 bits per heavy atom. The zero-order valence-corrected chi connectivity index (χ0v) is 20.2. The SMILES string of the molecule is COc1ccc(COc2ccc(C)nc2-c2nc(C)ccc2O[C@@H]2O[C@H](CO)[C@H](O)[C@H](O)[C@H]2O)cc1. The number of pyridine rings is 2. The van der Waals surface area contributed by atoms with Gasteiger partial charge < -0.3 is 39.4 Å². The predicted octanol–water partition coefficient (Wildman–Crippen LogP) is 1.53. The van der Waals surface area contributed by atoms with E-state index in [0.29, 0.717) is 22.8 Å². The van der Waals surface area contributed by atoms with Crippen molar-refractivity contribution in [3.8, 4) is 28.6 Å². The van der Waals surface area contributed by atoms with E-state index in [4.69, 9.17) is 18.9 Å². The molecule has 0 spiro atoms. The lowest BCUT2D eigenvalue weighted by Gasteiger charge is -2.39. The molecule has 4 N–H and O–H groups in total. The van der Waals surface area contributed by atoms with Crippen molar-refractivity contribution in [3.05, 3.63) is 65.5 Å². The maximum absolute atomic E-state index is 10.4. The van der Waals surface area contributed by atoms with Gasteiger partial charge in [0.1, 0.15) is 53.9 Å². The Bertz CT molecular complexity index is 1170. The molecule has 0 aliphatic carbocycles. The molecule has 0 amide bonds. The van der Waals surface area contributed by atoms with Crippen LogP contribution in [-0.2, 0) is 11.3 Å². The van der Waals surface area contributed by atoms with Crippen molar-refractivity contribution in [3.63, 3.8) is 0 Å². The molecule has 1 fully saturated rings. The average Bonchev–Trinajstić information content (AvgIpc) is 2.89. The minimum atomic E-state index is -1.57. The van der Waals surface area contributed by atoms with Crippen molar-refractivity contribution in [1.82, 2.24) is 9.97 Å². The van der Waals surface area contributed by atoms with E-state index in [2.05, 4.69) is 9.97 Å². The highest BCUT2D eigenvalue weighted by Gasteiger charge is 2.45. The van der Waals surface area contributed by atoms with E-state index in [9.17, 15) is 20.4 Å². The van der Waals surface area contributed by atoms with Crippen LogP contribution in [0.4, 0.5) is 0 Å². The van der Waals surface area contributed by atoms with Gasteiger partial charge in [0.05, 0.1) is 13.7 Å². The summed E-state index contributed by atoms with van der Waals surface area (Å²) in [5, 5.41) is 40.1. The maximum atomic E-state index is 10.4. The van der Waals surface area contributed by atoms with Crippen molar-refractivity contribution in [1.29, 1.82) is 0 Å². The molecular weight excluding hydrogens is 468 g/mol. The molecular formula is C26H30N2O8. The van der Waals surface area contributed by atoms with Crippen LogP contribution >= 0.6 is 0 Å². The van der Waals surface area contributed by atoms with Crippen molar-refractivity contribution >= 4 is 0 Å². The highest BCUT2D eigenvalue weighted by Crippen LogP contribution is 2.36. The van der Waals surface area contributed by atoms with Gasteiger partial charge in [-0.2, -0.15) is 0 Å². The molecule has 10 nitrogen and oxygen atoms in total. The molecule has 0 saturated carbocycles. The molecule has 0 bridgehead atoms. The normalized spacial score (nSPS) is 23.8. The van der Waals surface area contributed by atoms with Gasteiger partial charge in [-0.05, 0) is 55.8 Å². The molecule has 1 aromatic carbocycles. The van der Waals surface area contributed by atoms with Gasteiger partial charge >= 0.3 is 0 Å². The van der Waals surface area contributed by atoms with Gasteiger partial charge in [-0.15, -0.1) is 0 Å². The Labute approximate surface area is 208 Å². The fraction of sp³-hybridized carbons (Fsp3) is 0.385. The summed E-state index contributed by atoms with van der Waals surface area (Å²) in [7, 11) is 1.61. The lowest BCUT2D eigenvalue weighted by Crippen LogP contribution is -2.60. The van der Waals surface area contributed by atoms with Crippen molar-refractivity contribution in [2.45, 2.75) is 51.2 Å². The zero-order chi connectivity index (χ0) is 25.8. The third-order valence-corrected chi connectivity index (χ3v) is 5.86. The minimum Gasteiger partial charge on any atom is -0.497 e. The topological polar surface area (TPSA) is 144 Å². The zero-order valence-electron chi connectivity index (χ0n) is 20.2. The highest BCUT2D eigenvalue weighted by molar-refractivity contribution is 5.69. The van der Waals surface area contributed by atoms with Crippen LogP contribution < -0.4 is 14.2 Å². The lowest BCUT2D eigenvalue weighted by molar-refractivity contribution is -0.277. The summed E-state index contributed by atoms with van der Waals surface area (Å²) in [6.07, 6.45) is -7.08. The van der Waals surface area contributed by atoms with Crippen LogP contribution in [0.15, 0.2) is 48.5 Å². The first-order chi connectivity index (χ1) is 17.3. The van der Waals surface area contributed by atoms with Gasteiger partial charge in [0.15, 0.2) is 5.75 Å². The molecule has 1 saturated heterocycles. The molecule has 2 aromatic heterocycles. The Kier molecular flexibility index (Phi) is 8.02. The summed E-state index contributed by atoms with van der Waals surface area (Å²) >= 11 is 0. The summed E-state index contributed by atoms with van der Waals surface area (Å²) in [5.74, 6) is 1.43. The quantitative estimate of drug-likeness (QED) is 0.361. The van der Waals surface area contributed by atoms with Gasteiger partial charge in [0.2, 0.25) is 6.29 Å². The number of aromatic nitrogens is 2. The molecule has 3 heterocycles. The van der Waals surface area contributed by atoms with E-state index in [1.165, 1.54) is 0 Å². The first-order valence-corrected chi connectivity index (χ1v) is 11.5. The van der Waals surface area contributed by atoms with Gasteiger partial charge in [0, 0.05) is 11.4 Å². The maximum Gasteiger partial charge on any atom is 0.229 e. The van der Waals surface area contributed by atoms with E-state index < -0.39 is 37.3 Å². The van der Waals surface area contributed by atoms with Crippen LogP contribution in [0.2, 0.25) is 0 Å². The van der Waals surface area contributed by atoms with Crippen LogP contribution in [-0.4, -0.2) is 74.8 Å². The number of hydrogen-bond donors (Lipinski definition) is 4. The fourth-order valence-corrected chi connectivity index (χ4v) is 3.81. The van der Waals surface area contributed by atoms with Crippen LogP contribution in [0, 0.1) is 13.8 Å². The van der Waals surface area contributed by atoms with Crippen molar-refractivity contribution < 1.29 is 39.4 Å². The summed E-state index contributed by atoms with van der Waals surface area (Å²) < 4.78 is 22.7. The molecule has 1 aliphatic rings. The number of benzene rings is 1. The molecule has 36 heavy (non-hydrogen) atoms. The number of methoxy groups -OCH3 is 1. The Morgan fingerprint density at radius 1 is 0.806 bits per heavy atom. The predicted molar refractivity (Wildman–Crippen MR) is 129 cm³/mol. The highest BCUT2D eigenvalue weighted by atomic mass is 16.7. The van der Waals surface area contributed by atoms with E-state index in [1.54, 1.807) is 25.3 Å². The number of nitrogens with zero attached hydrogens (tertiary/aromatic N) is 2. The van der Waals surface area contributed by atoms with Crippen LogP contribution in [0.3, 0.4) is 0 Å². The Balaban J connectivity index is 1.64. The lowest BCUT2D eigenvalue weighted by atomic mass is 9.99. The van der Waals surface area contributed by atoms with Crippen LogP contribution in [0.5, 0.6) is 17.2 Å². The van der Waals surface area contributed by atoms with Crippen molar-refractivity contribution in [2.24, 2.45) is 0 Å². The number of aliphatic hydroxyl groups is 4. The van der Waals surface area contributed by atoms with E-state index in [1.807, 2.05) is 44.2 Å². The second-order valence-electron chi connectivity index (χ2n) is 8.55. The summed E-state index contributed by atoms with van der Waals surface area (Å²) in [4.78, 5) is 9.24. The number of aliphatic hydroxyl groups excluding tert-OH is 4. The first-order valence-electron chi connectivity index (χ1n) is 11.5. The van der Waals surface area contributed by atoms with E-state index >= 15 is 0 Å². The molecule has 5 atom stereocenters. The smallest absolute Gasteiger partial charge is 0.229 e. The number of ether oxygens (including phenoxy) is 4. The first kappa shape index (κ1) is 25.8. The van der Waals surface area contributed by atoms with Gasteiger partial charge in [-0.1, -0.05) is 12.1 Å². The molecule has 0 radical (unpaired) electrons. The van der Waals surface area contributed by atoms with Gasteiger partial charge in [-0.25, -0.2) is 9.97 Å². The number of rotatable bonds is 8. The average molecular weight is 499 g/mol. The Hall–Kier alpha value is -3.28. The summed E-state index contributed by atoms with van der Waals surface area (Å²) in [6.45, 7) is 3.36. The Morgan fingerprint density at radius 2 is 1.42 bits per heavy atom. The van der Waals surface area contributed by atoms with Crippen LogP contribution in [0.25, 0.3) is 11.4 Å². The standard InChI is InChI=1S/C26H30N2O8/c1-14-4-10-18(34-13-16-6-8-17(33-3)9-7-16)21(27-14)22-19(11-5-15(2)28-22)35-26-25(32)24(31)23(30)20(12-29)36-26/h4-11,20,23-26,29-32H,12-13H2,1-3H3/t20-,23+,24+,25-,26-/m1/s1. The minimum absolute atomic E-state index is 0.220. The van der Waals surface area contributed by atoms with E-state index in [-0.39, 0.29) is 12.4 Å². The molecule has 192 valence electrons. The van der Waals surface area contributed by atoms with Crippen molar-refractivity contribution in [2.75, 3.05) is 13.7 Å². The van der Waals surface area contributed by atoms with Gasteiger partial charge in [-0.3, -0.25) is 0 Å². The second-order valence-corrected chi connectivity index (χ2v) is 8.55. The van der Waals surface area contributed by atoms with Crippen LogP contribution in [0.1, 0.15) is 17.0 Å². The molecule has 1 aliphatic heterocycles. The van der Waals surface area contributed by atoms with E-state index in [0.717, 1.165) is 17.0 Å². The number of hydrogen-bond acceptors (Lipinski definition) is 10. The molecule has 4 rings (SSSR count). The second kappa shape index (κ2) is 11.2. The monoisotopic (exact) mass is 498 g/mol. The molecule has 3 aromatic rings. The summed E-state index contributed by atoms with van der Waals surface area (Å²) in [6, 6.07) is 14.5. The largest absolute Gasteiger partial charge is 0.497 e. The number of aryl methyl sites for hydroxylation is 2. The third-order valence-electron chi connectivity index (χ3n) is 5.86. The summed E-state index contributed by atoms with van der Waals surface area (Å²) in [5.41, 5.74) is 3.11.